The van der Waals surface area contributed by atoms with Gasteiger partial charge in [-0.2, -0.15) is 0 Å². The van der Waals surface area contributed by atoms with Crippen molar-refractivity contribution in [2.75, 3.05) is 7.11 Å². The molecule has 1 heterocycles. The molecule has 0 bridgehead atoms. The SMILES string of the molecule is COc1nccnc1C(O)c1cccc(Br)c1. The lowest BCUT2D eigenvalue weighted by Crippen LogP contribution is -2.06. The molecule has 0 fully saturated rings. The van der Waals surface area contributed by atoms with Crippen LogP contribution in [-0.4, -0.2) is 22.2 Å². The fourth-order valence-electron chi connectivity index (χ4n) is 1.52. The van der Waals surface area contributed by atoms with Crippen LogP contribution in [0.15, 0.2) is 41.1 Å². The zero-order valence-corrected chi connectivity index (χ0v) is 10.8. The molecule has 5 heteroatoms. The van der Waals surface area contributed by atoms with Crippen molar-refractivity contribution in [2.45, 2.75) is 6.10 Å². The Morgan fingerprint density at radius 3 is 2.76 bits per heavy atom. The molecule has 4 nitrogen and oxygen atoms in total. The van der Waals surface area contributed by atoms with E-state index in [0.717, 1.165) is 10.0 Å². The third-order valence-electron chi connectivity index (χ3n) is 2.31. The summed E-state index contributed by atoms with van der Waals surface area (Å²) in [6.45, 7) is 0. The molecule has 88 valence electrons. The van der Waals surface area contributed by atoms with E-state index in [4.69, 9.17) is 4.74 Å². The molecule has 0 aliphatic carbocycles. The number of aliphatic hydroxyl groups is 1. The molecule has 1 aromatic carbocycles. The van der Waals surface area contributed by atoms with Crippen LogP contribution in [0.1, 0.15) is 17.4 Å². The molecular weight excluding hydrogens is 284 g/mol. The summed E-state index contributed by atoms with van der Waals surface area (Å²) in [6.07, 6.45) is 2.20. The molecule has 17 heavy (non-hydrogen) atoms. The van der Waals surface area contributed by atoms with Gasteiger partial charge < -0.3 is 9.84 Å². The van der Waals surface area contributed by atoms with Crippen LogP contribution < -0.4 is 4.74 Å². The highest BCUT2D eigenvalue weighted by Gasteiger charge is 2.17. The highest BCUT2D eigenvalue weighted by Crippen LogP contribution is 2.27. The van der Waals surface area contributed by atoms with Crippen molar-refractivity contribution in [1.82, 2.24) is 9.97 Å². The average Bonchev–Trinajstić information content (AvgIpc) is 2.38. The minimum absolute atomic E-state index is 0.333. The number of halogens is 1. The number of nitrogens with zero attached hydrogens (tertiary/aromatic N) is 2. The number of hydrogen-bond donors (Lipinski definition) is 1. The van der Waals surface area contributed by atoms with Crippen molar-refractivity contribution >= 4 is 15.9 Å². The highest BCUT2D eigenvalue weighted by atomic mass is 79.9. The summed E-state index contributed by atoms with van der Waals surface area (Å²) < 4.78 is 5.97. The molecule has 0 amide bonds. The number of methoxy groups -OCH3 is 1. The Bertz CT molecular complexity index is 519. The van der Waals surface area contributed by atoms with Crippen LogP contribution in [0.3, 0.4) is 0 Å². The van der Waals surface area contributed by atoms with E-state index in [-0.39, 0.29) is 0 Å². The summed E-state index contributed by atoms with van der Waals surface area (Å²) in [7, 11) is 1.50. The van der Waals surface area contributed by atoms with E-state index in [1.165, 1.54) is 19.5 Å². The van der Waals surface area contributed by atoms with Crippen LogP contribution in [0.25, 0.3) is 0 Å². The molecule has 0 radical (unpaired) electrons. The van der Waals surface area contributed by atoms with E-state index in [0.29, 0.717) is 11.6 Å². The lowest BCUT2D eigenvalue weighted by Gasteiger charge is -2.12. The van der Waals surface area contributed by atoms with Crippen LogP contribution in [0.2, 0.25) is 0 Å². The van der Waals surface area contributed by atoms with Gasteiger partial charge in [-0.05, 0) is 17.7 Å². The van der Waals surface area contributed by atoms with Crippen molar-refractivity contribution in [3.05, 3.63) is 52.4 Å². The number of hydrogen-bond acceptors (Lipinski definition) is 4. The van der Waals surface area contributed by atoms with Crippen molar-refractivity contribution in [3.63, 3.8) is 0 Å². The standard InChI is InChI=1S/C12H11BrN2O2/c1-17-12-10(14-5-6-15-12)11(16)8-3-2-4-9(13)7-8/h2-7,11,16H,1H3. The van der Waals surface area contributed by atoms with Gasteiger partial charge in [-0.25, -0.2) is 4.98 Å². The zero-order valence-electron chi connectivity index (χ0n) is 9.17. The van der Waals surface area contributed by atoms with Crippen molar-refractivity contribution < 1.29 is 9.84 Å². The topological polar surface area (TPSA) is 55.2 Å². The van der Waals surface area contributed by atoms with Crippen molar-refractivity contribution in [3.8, 4) is 5.88 Å². The lowest BCUT2D eigenvalue weighted by atomic mass is 10.1. The minimum Gasteiger partial charge on any atom is -0.480 e. The maximum Gasteiger partial charge on any atom is 0.238 e. The molecule has 0 aliphatic rings. The Labute approximate surface area is 107 Å². The first-order valence-corrected chi connectivity index (χ1v) is 5.80. The van der Waals surface area contributed by atoms with E-state index in [1.807, 2.05) is 24.3 Å². The summed E-state index contributed by atoms with van der Waals surface area (Å²) in [6, 6.07) is 7.40. The first-order valence-electron chi connectivity index (χ1n) is 5.01. The van der Waals surface area contributed by atoms with Crippen molar-refractivity contribution in [1.29, 1.82) is 0 Å². The molecule has 0 saturated carbocycles. The number of aliphatic hydroxyl groups excluding tert-OH is 1. The van der Waals surface area contributed by atoms with Gasteiger partial charge in [0.05, 0.1) is 7.11 Å². The summed E-state index contributed by atoms with van der Waals surface area (Å²) in [5, 5.41) is 10.2. The molecule has 0 spiro atoms. The highest BCUT2D eigenvalue weighted by molar-refractivity contribution is 9.10. The minimum atomic E-state index is -0.851. The zero-order chi connectivity index (χ0) is 12.3. The smallest absolute Gasteiger partial charge is 0.238 e. The fourth-order valence-corrected chi connectivity index (χ4v) is 1.93. The summed E-state index contributed by atoms with van der Waals surface area (Å²) in [5.74, 6) is 0.333. The van der Waals surface area contributed by atoms with Gasteiger partial charge in [-0.15, -0.1) is 0 Å². The number of rotatable bonds is 3. The van der Waals surface area contributed by atoms with E-state index < -0.39 is 6.10 Å². The second-order valence-corrected chi connectivity index (χ2v) is 4.32. The maximum absolute atomic E-state index is 10.2. The second-order valence-electron chi connectivity index (χ2n) is 3.41. The van der Waals surface area contributed by atoms with Gasteiger partial charge in [0.25, 0.3) is 0 Å². The summed E-state index contributed by atoms with van der Waals surface area (Å²) in [5.41, 5.74) is 1.14. The Kier molecular flexibility index (Phi) is 3.71. The predicted molar refractivity (Wildman–Crippen MR) is 66.8 cm³/mol. The first-order chi connectivity index (χ1) is 8.22. The van der Waals surface area contributed by atoms with Gasteiger partial charge in [-0.1, -0.05) is 28.1 Å². The molecule has 1 aromatic heterocycles. The third kappa shape index (κ3) is 2.62. The van der Waals surface area contributed by atoms with Gasteiger partial charge in [-0.3, -0.25) is 4.98 Å². The Hall–Kier alpha value is -1.46. The molecule has 2 aromatic rings. The molecular formula is C12H11BrN2O2. The van der Waals surface area contributed by atoms with Crippen LogP contribution >= 0.6 is 15.9 Å². The van der Waals surface area contributed by atoms with Crippen LogP contribution in [0.5, 0.6) is 5.88 Å². The van der Waals surface area contributed by atoms with Gasteiger partial charge in [0.1, 0.15) is 11.8 Å². The monoisotopic (exact) mass is 294 g/mol. The third-order valence-corrected chi connectivity index (χ3v) is 2.80. The normalized spacial score (nSPS) is 12.2. The molecule has 2 rings (SSSR count). The Morgan fingerprint density at radius 1 is 1.29 bits per heavy atom. The molecule has 0 saturated heterocycles. The van der Waals surface area contributed by atoms with Crippen molar-refractivity contribution in [2.24, 2.45) is 0 Å². The molecule has 1 atom stereocenters. The molecule has 1 N–H and O–H groups in total. The number of ether oxygens (including phenoxy) is 1. The number of aromatic nitrogens is 2. The molecule has 1 unspecified atom stereocenters. The maximum atomic E-state index is 10.2. The van der Waals surface area contributed by atoms with Crippen LogP contribution in [0.4, 0.5) is 0 Å². The van der Waals surface area contributed by atoms with Crippen LogP contribution in [-0.2, 0) is 0 Å². The summed E-state index contributed by atoms with van der Waals surface area (Å²) >= 11 is 3.36. The van der Waals surface area contributed by atoms with E-state index in [9.17, 15) is 5.11 Å². The van der Waals surface area contributed by atoms with Gasteiger partial charge >= 0.3 is 0 Å². The Morgan fingerprint density at radius 2 is 2.06 bits per heavy atom. The first kappa shape index (κ1) is 12.0. The predicted octanol–water partition coefficient (Wildman–Crippen LogP) is 2.33. The second kappa shape index (κ2) is 5.25. The quantitative estimate of drug-likeness (QED) is 0.944. The lowest BCUT2D eigenvalue weighted by molar-refractivity contribution is 0.207. The fraction of sp³-hybridized carbons (Fsp3) is 0.167. The summed E-state index contributed by atoms with van der Waals surface area (Å²) in [4.78, 5) is 8.11. The van der Waals surface area contributed by atoms with Gasteiger partial charge in [0.15, 0.2) is 0 Å². The van der Waals surface area contributed by atoms with Gasteiger partial charge in [0, 0.05) is 16.9 Å². The average molecular weight is 295 g/mol. The van der Waals surface area contributed by atoms with E-state index in [2.05, 4.69) is 25.9 Å². The number of benzene rings is 1. The Balaban J connectivity index is 2.40. The van der Waals surface area contributed by atoms with Gasteiger partial charge in [0.2, 0.25) is 5.88 Å². The largest absolute Gasteiger partial charge is 0.480 e. The molecule has 0 aliphatic heterocycles. The van der Waals surface area contributed by atoms with E-state index >= 15 is 0 Å². The van der Waals surface area contributed by atoms with E-state index in [1.54, 1.807) is 0 Å². The van der Waals surface area contributed by atoms with Crippen LogP contribution in [0, 0.1) is 0 Å².